The molecule has 0 aliphatic carbocycles. The molecular weight excluding hydrogens is 240 g/mol. The highest BCUT2D eigenvalue weighted by Crippen LogP contribution is 2.23. The van der Waals surface area contributed by atoms with Crippen molar-refractivity contribution in [1.29, 1.82) is 0 Å². The Kier molecular flexibility index (Phi) is 3.30. The van der Waals surface area contributed by atoms with E-state index < -0.39 is 10.0 Å². The minimum atomic E-state index is -3.42. The van der Waals surface area contributed by atoms with E-state index in [0.29, 0.717) is 25.0 Å². The van der Waals surface area contributed by atoms with Crippen molar-refractivity contribution in [2.45, 2.75) is 18.2 Å². The predicted molar refractivity (Wildman–Crippen MR) is 64.1 cm³/mol. The van der Waals surface area contributed by atoms with Crippen molar-refractivity contribution < 1.29 is 8.42 Å². The molecule has 0 bridgehead atoms. The second-order valence-corrected chi connectivity index (χ2v) is 6.19. The first-order valence-electron chi connectivity index (χ1n) is 5.54. The van der Waals surface area contributed by atoms with Gasteiger partial charge in [-0.05, 0) is 12.3 Å². The van der Waals surface area contributed by atoms with Crippen LogP contribution in [0.5, 0.6) is 0 Å². The summed E-state index contributed by atoms with van der Waals surface area (Å²) in [5.41, 5.74) is 0. The normalized spacial score (nSPS) is 21.6. The quantitative estimate of drug-likeness (QED) is 0.854. The van der Waals surface area contributed by atoms with Crippen LogP contribution in [-0.4, -0.2) is 42.8 Å². The zero-order valence-corrected chi connectivity index (χ0v) is 10.7. The van der Waals surface area contributed by atoms with Gasteiger partial charge in [0, 0.05) is 20.1 Å². The Labute approximate surface area is 101 Å². The van der Waals surface area contributed by atoms with Crippen LogP contribution >= 0.6 is 0 Å². The molecule has 1 aromatic heterocycles. The van der Waals surface area contributed by atoms with E-state index in [1.807, 2.05) is 0 Å². The zero-order valence-electron chi connectivity index (χ0n) is 9.92. The van der Waals surface area contributed by atoms with E-state index in [2.05, 4.69) is 22.2 Å². The van der Waals surface area contributed by atoms with Gasteiger partial charge in [0.15, 0.2) is 0 Å². The fraction of sp³-hybridized carbons (Fsp3) is 0.600. The van der Waals surface area contributed by atoms with Crippen molar-refractivity contribution in [2.75, 3.05) is 25.5 Å². The summed E-state index contributed by atoms with van der Waals surface area (Å²) in [5, 5.41) is 2.75. The molecule has 0 aromatic carbocycles. The summed E-state index contributed by atoms with van der Waals surface area (Å²) < 4.78 is 25.9. The molecule has 1 unspecified atom stereocenters. The molecule has 1 N–H and O–H groups in total. The SMILES string of the molecule is CNc1ncc(S(=O)(=O)N2CCC(C)C2)cn1. The van der Waals surface area contributed by atoms with Gasteiger partial charge in [0.25, 0.3) is 0 Å². The number of rotatable bonds is 3. The monoisotopic (exact) mass is 256 g/mol. The number of hydrogen-bond donors (Lipinski definition) is 1. The zero-order chi connectivity index (χ0) is 12.5. The summed E-state index contributed by atoms with van der Waals surface area (Å²) in [6.07, 6.45) is 3.60. The number of nitrogens with one attached hydrogen (secondary N) is 1. The number of anilines is 1. The highest BCUT2D eigenvalue weighted by molar-refractivity contribution is 7.89. The van der Waals surface area contributed by atoms with Gasteiger partial charge in [-0.2, -0.15) is 4.31 Å². The Morgan fingerprint density at radius 1 is 1.41 bits per heavy atom. The van der Waals surface area contributed by atoms with Crippen LogP contribution < -0.4 is 5.32 Å². The van der Waals surface area contributed by atoms with Gasteiger partial charge in [0.1, 0.15) is 4.90 Å². The molecule has 6 nitrogen and oxygen atoms in total. The molecule has 1 aliphatic heterocycles. The van der Waals surface area contributed by atoms with Crippen molar-refractivity contribution in [3.63, 3.8) is 0 Å². The van der Waals surface area contributed by atoms with Gasteiger partial charge < -0.3 is 5.32 Å². The Balaban J connectivity index is 2.25. The molecule has 1 aliphatic rings. The van der Waals surface area contributed by atoms with Crippen LogP contribution in [0.2, 0.25) is 0 Å². The maximum Gasteiger partial charge on any atom is 0.246 e. The molecule has 2 rings (SSSR count). The molecule has 1 fully saturated rings. The number of aromatic nitrogens is 2. The lowest BCUT2D eigenvalue weighted by atomic mass is 10.2. The average molecular weight is 256 g/mol. The maximum absolute atomic E-state index is 12.2. The van der Waals surface area contributed by atoms with Gasteiger partial charge in [0.05, 0.1) is 12.4 Å². The number of hydrogen-bond acceptors (Lipinski definition) is 5. The minimum absolute atomic E-state index is 0.158. The van der Waals surface area contributed by atoms with Gasteiger partial charge in [-0.1, -0.05) is 6.92 Å². The topological polar surface area (TPSA) is 75.2 Å². The Bertz CT molecular complexity index is 486. The van der Waals surface area contributed by atoms with E-state index in [0.717, 1.165) is 6.42 Å². The summed E-state index contributed by atoms with van der Waals surface area (Å²) in [5.74, 6) is 0.834. The molecule has 7 heteroatoms. The van der Waals surface area contributed by atoms with Crippen molar-refractivity contribution >= 4 is 16.0 Å². The summed E-state index contributed by atoms with van der Waals surface area (Å²) in [6, 6.07) is 0. The van der Waals surface area contributed by atoms with E-state index in [4.69, 9.17) is 0 Å². The lowest BCUT2D eigenvalue weighted by Gasteiger charge is -2.15. The molecule has 0 radical (unpaired) electrons. The number of nitrogens with zero attached hydrogens (tertiary/aromatic N) is 3. The maximum atomic E-state index is 12.2. The van der Waals surface area contributed by atoms with E-state index in [9.17, 15) is 8.42 Å². The highest BCUT2D eigenvalue weighted by atomic mass is 32.2. The van der Waals surface area contributed by atoms with E-state index >= 15 is 0 Å². The molecule has 1 saturated heterocycles. The largest absolute Gasteiger partial charge is 0.357 e. The van der Waals surface area contributed by atoms with Crippen molar-refractivity contribution in [3.8, 4) is 0 Å². The molecular formula is C10H16N4O2S. The lowest BCUT2D eigenvalue weighted by Crippen LogP contribution is -2.28. The molecule has 0 amide bonds. The third kappa shape index (κ3) is 2.39. The van der Waals surface area contributed by atoms with Gasteiger partial charge in [-0.15, -0.1) is 0 Å². The van der Waals surface area contributed by atoms with Crippen LogP contribution in [0.25, 0.3) is 0 Å². The first kappa shape index (κ1) is 12.3. The van der Waals surface area contributed by atoms with Gasteiger partial charge in [-0.25, -0.2) is 18.4 Å². The van der Waals surface area contributed by atoms with E-state index in [-0.39, 0.29) is 4.90 Å². The van der Waals surface area contributed by atoms with E-state index in [1.165, 1.54) is 16.7 Å². The molecule has 1 atom stereocenters. The molecule has 0 saturated carbocycles. The third-order valence-electron chi connectivity index (χ3n) is 2.88. The lowest BCUT2D eigenvalue weighted by molar-refractivity contribution is 0.464. The summed E-state index contributed by atoms with van der Waals surface area (Å²) in [7, 11) is -1.73. The Morgan fingerprint density at radius 2 is 2.06 bits per heavy atom. The summed E-state index contributed by atoms with van der Waals surface area (Å²) >= 11 is 0. The van der Waals surface area contributed by atoms with Crippen molar-refractivity contribution in [2.24, 2.45) is 5.92 Å². The van der Waals surface area contributed by atoms with E-state index in [1.54, 1.807) is 7.05 Å². The molecule has 2 heterocycles. The smallest absolute Gasteiger partial charge is 0.246 e. The Hall–Kier alpha value is -1.21. The van der Waals surface area contributed by atoms with Gasteiger partial charge >= 0.3 is 0 Å². The average Bonchev–Trinajstić information content (AvgIpc) is 2.77. The van der Waals surface area contributed by atoms with Crippen LogP contribution in [0.3, 0.4) is 0 Å². The first-order chi connectivity index (χ1) is 8.04. The molecule has 17 heavy (non-hydrogen) atoms. The second kappa shape index (κ2) is 4.58. The van der Waals surface area contributed by atoms with Crippen LogP contribution in [0, 0.1) is 5.92 Å². The van der Waals surface area contributed by atoms with Gasteiger partial charge in [-0.3, -0.25) is 0 Å². The highest BCUT2D eigenvalue weighted by Gasteiger charge is 2.30. The van der Waals surface area contributed by atoms with Crippen LogP contribution in [0.1, 0.15) is 13.3 Å². The third-order valence-corrected chi connectivity index (χ3v) is 4.69. The predicted octanol–water partition coefficient (Wildman–Crippen LogP) is 0.549. The second-order valence-electron chi connectivity index (χ2n) is 4.25. The van der Waals surface area contributed by atoms with Crippen LogP contribution in [0.15, 0.2) is 17.3 Å². The minimum Gasteiger partial charge on any atom is -0.357 e. The summed E-state index contributed by atoms with van der Waals surface area (Å²) in [4.78, 5) is 8.01. The Morgan fingerprint density at radius 3 is 2.53 bits per heavy atom. The summed E-state index contributed by atoms with van der Waals surface area (Å²) in [6.45, 7) is 3.21. The van der Waals surface area contributed by atoms with Crippen molar-refractivity contribution in [1.82, 2.24) is 14.3 Å². The molecule has 0 spiro atoms. The first-order valence-corrected chi connectivity index (χ1v) is 6.98. The molecule has 94 valence electrons. The standard InChI is InChI=1S/C10H16N4O2S/c1-8-3-4-14(7-8)17(15,16)9-5-12-10(11-2)13-6-9/h5-6,8H,3-4,7H2,1-2H3,(H,11,12,13). The fourth-order valence-electron chi connectivity index (χ4n) is 1.84. The van der Waals surface area contributed by atoms with Gasteiger partial charge in [0.2, 0.25) is 16.0 Å². The van der Waals surface area contributed by atoms with Crippen LogP contribution in [0.4, 0.5) is 5.95 Å². The fourth-order valence-corrected chi connectivity index (χ4v) is 3.31. The van der Waals surface area contributed by atoms with Crippen molar-refractivity contribution in [3.05, 3.63) is 12.4 Å². The molecule has 1 aromatic rings. The van der Waals surface area contributed by atoms with Crippen LogP contribution in [-0.2, 0) is 10.0 Å². The number of sulfonamides is 1.